The SMILES string of the molecule is O=C(O)c1ccc(-c2ccc(C=NNC(=O)c3ccc(Cl)cc3Cl)o2)cc1. The molecule has 0 bridgehead atoms. The molecular weight excluding hydrogens is 391 g/mol. The zero-order valence-corrected chi connectivity index (χ0v) is 15.2. The van der Waals surface area contributed by atoms with Crippen LogP contribution in [0.15, 0.2) is 64.1 Å². The minimum atomic E-state index is -0.995. The summed E-state index contributed by atoms with van der Waals surface area (Å²) in [5.41, 5.74) is 3.51. The van der Waals surface area contributed by atoms with Crippen molar-refractivity contribution in [1.82, 2.24) is 5.43 Å². The van der Waals surface area contributed by atoms with Gasteiger partial charge in [-0.3, -0.25) is 4.79 Å². The summed E-state index contributed by atoms with van der Waals surface area (Å²) in [6, 6.07) is 14.2. The summed E-state index contributed by atoms with van der Waals surface area (Å²) in [5.74, 6) is -0.524. The first-order chi connectivity index (χ1) is 12.9. The van der Waals surface area contributed by atoms with Gasteiger partial charge < -0.3 is 9.52 Å². The van der Waals surface area contributed by atoms with Gasteiger partial charge in [0.05, 0.1) is 22.4 Å². The molecule has 0 radical (unpaired) electrons. The molecule has 0 spiro atoms. The Kier molecular flexibility index (Phi) is 5.59. The van der Waals surface area contributed by atoms with Gasteiger partial charge in [-0.25, -0.2) is 10.2 Å². The van der Waals surface area contributed by atoms with E-state index in [2.05, 4.69) is 10.5 Å². The van der Waals surface area contributed by atoms with Crippen LogP contribution in [-0.2, 0) is 0 Å². The van der Waals surface area contributed by atoms with Crippen molar-refractivity contribution in [2.24, 2.45) is 5.10 Å². The van der Waals surface area contributed by atoms with E-state index in [1.54, 1.807) is 30.3 Å². The Bertz CT molecular complexity index is 1030. The van der Waals surface area contributed by atoms with Crippen LogP contribution in [0.3, 0.4) is 0 Å². The van der Waals surface area contributed by atoms with Crippen LogP contribution in [0.1, 0.15) is 26.5 Å². The number of carbonyl (C=O) groups excluding carboxylic acids is 1. The molecule has 2 aromatic carbocycles. The number of carboxylic acid groups (broad SMARTS) is 1. The maximum Gasteiger partial charge on any atom is 0.335 e. The summed E-state index contributed by atoms with van der Waals surface area (Å²) in [5, 5.41) is 13.4. The Morgan fingerprint density at radius 3 is 2.44 bits per heavy atom. The van der Waals surface area contributed by atoms with Crippen molar-refractivity contribution in [2.75, 3.05) is 0 Å². The highest BCUT2D eigenvalue weighted by Crippen LogP contribution is 2.22. The number of benzene rings is 2. The van der Waals surface area contributed by atoms with E-state index in [0.29, 0.717) is 16.5 Å². The Labute approximate surface area is 164 Å². The Hall–Kier alpha value is -3.09. The molecule has 0 aliphatic heterocycles. The van der Waals surface area contributed by atoms with Crippen molar-refractivity contribution in [3.8, 4) is 11.3 Å². The number of aromatic carboxylic acids is 1. The third kappa shape index (κ3) is 4.55. The number of hydrogen-bond acceptors (Lipinski definition) is 4. The van der Waals surface area contributed by atoms with Crippen LogP contribution >= 0.6 is 23.2 Å². The average Bonchev–Trinajstić information content (AvgIpc) is 3.10. The predicted octanol–water partition coefficient (Wildman–Crippen LogP) is 4.72. The lowest BCUT2D eigenvalue weighted by molar-refractivity contribution is 0.0696. The molecule has 0 unspecified atom stereocenters. The zero-order valence-electron chi connectivity index (χ0n) is 13.6. The first kappa shape index (κ1) is 18.7. The number of nitrogens with one attached hydrogen (secondary N) is 1. The van der Waals surface area contributed by atoms with Crippen molar-refractivity contribution < 1.29 is 19.1 Å². The van der Waals surface area contributed by atoms with Crippen LogP contribution in [0, 0.1) is 0 Å². The fourth-order valence-electron chi connectivity index (χ4n) is 2.24. The van der Waals surface area contributed by atoms with Crippen LogP contribution in [0.4, 0.5) is 0 Å². The highest BCUT2D eigenvalue weighted by Gasteiger charge is 2.10. The molecule has 0 aliphatic carbocycles. The third-order valence-electron chi connectivity index (χ3n) is 3.58. The molecule has 1 heterocycles. The highest BCUT2D eigenvalue weighted by molar-refractivity contribution is 6.36. The number of carbonyl (C=O) groups is 2. The van der Waals surface area contributed by atoms with E-state index >= 15 is 0 Å². The largest absolute Gasteiger partial charge is 0.478 e. The van der Waals surface area contributed by atoms with E-state index in [0.717, 1.165) is 5.56 Å². The van der Waals surface area contributed by atoms with E-state index in [4.69, 9.17) is 32.7 Å². The van der Waals surface area contributed by atoms with Crippen LogP contribution in [-0.4, -0.2) is 23.2 Å². The molecule has 8 heteroatoms. The fourth-order valence-corrected chi connectivity index (χ4v) is 2.74. The molecule has 3 rings (SSSR count). The second kappa shape index (κ2) is 8.07. The van der Waals surface area contributed by atoms with E-state index in [1.807, 2.05) is 0 Å². The molecule has 136 valence electrons. The molecular formula is C19H12Cl2N2O4. The number of hydrazone groups is 1. The highest BCUT2D eigenvalue weighted by atomic mass is 35.5. The Morgan fingerprint density at radius 1 is 1.04 bits per heavy atom. The first-order valence-electron chi connectivity index (χ1n) is 7.66. The second-order valence-corrected chi connectivity index (χ2v) is 6.25. The quantitative estimate of drug-likeness (QED) is 0.477. The molecule has 27 heavy (non-hydrogen) atoms. The topological polar surface area (TPSA) is 91.9 Å². The average molecular weight is 403 g/mol. The van der Waals surface area contributed by atoms with Gasteiger partial charge in [-0.05, 0) is 42.5 Å². The predicted molar refractivity (Wildman–Crippen MR) is 103 cm³/mol. The number of halogens is 2. The first-order valence-corrected chi connectivity index (χ1v) is 8.41. The Morgan fingerprint density at radius 2 is 1.78 bits per heavy atom. The van der Waals surface area contributed by atoms with Crippen molar-refractivity contribution in [3.05, 3.63) is 81.5 Å². The monoisotopic (exact) mass is 402 g/mol. The molecule has 0 aliphatic rings. The maximum atomic E-state index is 12.0. The van der Waals surface area contributed by atoms with Gasteiger partial charge in [0.25, 0.3) is 5.91 Å². The second-order valence-electron chi connectivity index (χ2n) is 5.41. The lowest BCUT2D eigenvalue weighted by Gasteiger charge is -2.02. The molecule has 1 amide bonds. The Balaban J connectivity index is 1.66. The summed E-state index contributed by atoms with van der Waals surface area (Å²) >= 11 is 11.8. The summed E-state index contributed by atoms with van der Waals surface area (Å²) in [7, 11) is 0. The van der Waals surface area contributed by atoms with Gasteiger partial charge in [-0.1, -0.05) is 35.3 Å². The van der Waals surface area contributed by atoms with Gasteiger partial charge in [0.2, 0.25) is 0 Å². The molecule has 0 saturated carbocycles. The number of furan rings is 1. The normalized spacial score (nSPS) is 10.9. The number of nitrogens with zero attached hydrogens (tertiary/aromatic N) is 1. The van der Waals surface area contributed by atoms with Crippen molar-refractivity contribution in [2.45, 2.75) is 0 Å². The maximum absolute atomic E-state index is 12.0. The van der Waals surface area contributed by atoms with Crippen LogP contribution < -0.4 is 5.43 Å². The van der Waals surface area contributed by atoms with Gasteiger partial charge in [0.15, 0.2) is 0 Å². The number of amides is 1. The fraction of sp³-hybridized carbons (Fsp3) is 0. The zero-order chi connectivity index (χ0) is 19.4. The standard InChI is InChI=1S/C19H12Cl2N2O4/c20-13-5-7-15(16(21)9-13)18(24)23-22-10-14-6-8-17(27-14)11-1-3-12(4-2-11)19(25)26/h1-10H,(H,23,24)(H,25,26). The molecule has 0 atom stereocenters. The summed E-state index contributed by atoms with van der Waals surface area (Å²) < 4.78 is 5.61. The molecule has 2 N–H and O–H groups in total. The minimum absolute atomic E-state index is 0.190. The van der Waals surface area contributed by atoms with Crippen molar-refractivity contribution in [3.63, 3.8) is 0 Å². The number of rotatable bonds is 5. The van der Waals surface area contributed by atoms with Crippen LogP contribution in [0.5, 0.6) is 0 Å². The van der Waals surface area contributed by atoms with Crippen LogP contribution in [0.25, 0.3) is 11.3 Å². The molecule has 0 fully saturated rings. The lowest BCUT2D eigenvalue weighted by atomic mass is 10.1. The summed E-state index contributed by atoms with van der Waals surface area (Å²) in [4.78, 5) is 22.9. The van der Waals surface area contributed by atoms with Gasteiger partial charge in [0.1, 0.15) is 11.5 Å². The number of carboxylic acids is 1. The van der Waals surface area contributed by atoms with Gasteiger partial charge in [0, 0.05) is 10.6 Å². The van der Waals surface area contributed by atoms with E-state index in [9.17, 15) is 9.59 Å². The summed E-state index contributed by atoms with van der Waals surface area (Å²) in [6.45, 7) is 0. The van der Waals surface area contributed by atoms with E-state index in [-0.39, 0.29) is 16.1 Å². The van der Waals surface area contributed by atoms with Crippen molar-refractivity contribution >= 4 is 41.3 Å². The van der Waals surface area contributed by atoms with Gasteiger partial charge in [-0.2, -0.15) is 5.10 Å². The molecule has 0 saturated heterocycles. The molecule has 1 aromatic heterocycles. The van der Waals surface area contributed by atoms with Crippen LogP contribution in [0.2, 0.25) is 10.0 Å². The lowest BCUT2D eigenvalue weighted by Crippen LogP contribution is -2.17. The smallest absolute Gasteiger partial charge is 0.335 e. The minimum Gasteiger partial charge on any atom is -0.478 e. The number of hydrogen-bond donors (Lipinski definition) is 2. The van der Waals surface area contributed by atoms with Crippen molar-refractivity contribution in [1.29, 1.82) is 0 Å². The molecule has 3 aromatic rings. The van der Waals surface area contributed by atoms with E-state index in [1.165, 1.54) is 30.5 Å². The van der Waals surface area contributed by atoms with Gasteiger partial charge in [-0.15, -0.1) is 0 Å². The van der Waals surface area contributed by atoms with E-state index < -0.39 is 11.9 Å². The third-order valence-corrected chi connectivity index (χ3v) is 4.12. The van der Waals surface area contributed by atoms with Gasteiger partial charge >= 0.3 is 5.97 Å². The summed E-state index contributed by atoms with van der Waals surface area (Å²) in [6.07, 6.45) is 1.34. The molecule has 6 nitrogen and oxygen atoms in total.